The molecule has 1 saturated heterocycles. The number of amides is 6. The maximum absolute atomic E-state index is 13.6. The van der Waals surface area contributed by atoms with Crippen LogP contribution in [0.2, 0.25) is 0 Å². The number of aliphatic imine (C=N–C) groups is 1. The van der Waals surface area contributed by atoms with Crippen LogP contribution in [0.3, 0.4) is 0 Å². The summed E-state index contributed by atoms with van der Waals surface area (Å²) >= 11 is 0. The topological polar surface area (TPSA) is 216 Å². The Kier molecular flexibility index (Phi) is 11.6. The van der Waals surface area contributed by atoms with Gasteiger partial charge in [-0.15, -0.1) is 0 Å². The van der Waals surface area contributed by atoms with Crippen LogP contribution in [0, 0.1) is 0 Å². The van der Waals surface area contributed by atoms with E-state index in [0.717, 1.165) is 16.8 Å². The third-order valence-electron chi connectivity index (χ3n) is 11.3. The smallest absolute Gasteiger partial charge is 0.291 e. The Balaban J connectivity index is 0.828. The first-order valence-electron chi connectivity index (χ1n) is 20.5. The molecular weight excluding hydrogens is 823 g/mol. The van der Waals surface area contributed by atoms with Gasteiger partial charge in [-0.25, -0.2) is 4.98 Å². The number of methoxy groups -OCH3 is 1. The Hall–Kier alpha value is -7.96. The Morgan fingerprint density at radius 3 is 2.34 bits per heavy atom. The minimum absolute atomic E-state index is 0.0179. The van der Waals surface area contributed by atoms with Gasteiger partial charge < -0.3 is 54.2 Å². The van der Waals surface area contributed by atoms with E-state index in [1.54, 1.807) is 102 Å². The van der Waals surface area contributed by atoms with Crippen molar-refractivity contribution in [1.82, 2.24) is 28.9 Å². The second-order valence-corrected chi connectivity index (χ2v) is 15.8. The van der Waals surface area contributed by atoms with Crippen molar-refractivity contribution in [1.29, 1.82) is 0 Å². The molecule has 19 heteroatoms. The van der Waals surface area contributed by atoms with E-state index in [4.69, 9.17) is 9.47 Å². The fraction of sp³-hybridized carbons (Fsp3) is 0.289. The van der Waals surface area contributed by atoms with E-state index in [9.17, 15) is 28.8 Å². The number of anilines is 4. The Morgan fingerprint density at radius 2 is 1.59 bits per heavy atom. The van der Waals surface area contributed by atoms with Gasteiger partial charge in [0.15, 0.2) is 17.3 Å². The second-order valence-electron chi connectivity index (χ2n) is 15.8. The van der Waals surface area contributed by atoms with Crippen LogP contribution in [0.15, 0.2) is 78.2 Å². The van der Waals surface area contributed by atoms with E-state index in [1.165, 1.54) is 23.9 Å². The quantitative estimate of drug-likeness (QED) is 0.0970. The number of hydrogen-bond acceptors (Lipinski definition) is 10. The third-order valence-corrected chi connectivity index (χ3v) is 11.3. The average molecular weight is 870 g/mol. The first-order chi connectivity index (χ1) is 30.7. The summed E-state index contributed by atoms with van der Waals surface area (Å²) in [5, 5.41) is 10.9. The van der Waals surface area contributed by atoms with Crippen LogP contribution in [-0.2, 0) is 32.4 Å². The van der Waals surface area contributed by atoms with Crippen molar-refractivity contribution in [2.75, 3.05) is 54.7 Å². The van der Waals surface area contributed by atoms with Gasteiger partial charge in [-0.1, -0.05) is 12.2 Å². The van der Waals surface area contributed by atoms with Crippen LogP contribution in [0.4, 0.5) is 28.6 Å². The zero-order chi connectivity index (χ0) is 45.4. The van der Waals surface area contributed by atoms with E-state index < -0.39 is 11.8 Å². The highest BCUT2D eigenvalue weighted by atomic mass is 16.5. The highest BCUT2D eigenvalue weighted by molar-refractivity contribution is 6.10. The maximum Gasteiger partial charge on any atom is 0.291 e. The minimum Gasteiger partial charge on any atom is -0.493 e. The molecule has 0 radical (unpaired) electrons. The van der Waals surface area contributed by atoms with E-state index in [2.05, 4.69) is 37.8 Å². The first-order valence-corrected chi connectivity index (χ1v) is 20.5. The zero-order valence-electron chi connectivity index (χ0n) is 36.0. The molecular formula is C45H47N11O8. The molecule has 0 unspecified atom stereocenters. The van der Waals surface area contributed by atoms with Gasteiger partial charge >= 0.3 is 0 Å². The molecule has 6 amide bonds. The van der Waals surface area contributed by atoms with Gasteiger partial charge in [-0.2, -0.15) is 0 Å². The van der Waals surface area contributed by atoms with Crippen LogP contribution in [0.25, 0.3) is 0 Å². The van der Waals surface area contributed by atoms with Crippen molar-refractivity contribution in [2.45, 2.75) is 31.7 Å². The number of nitrogens with zero attached hydrogens (tertiary/aromatic N) is 7. The summed E-state index contributed by atoms with van der Waals surface area (Å²) in [4.78, 5) is 90.9. The molecule has 2 aromatic carbocycles. The highest BCUT2D eigenvalue weighted by Crippen LogP contribution is 2.39. The summed E-state index contributed by atoms with van der Waals surface area (Å²) < 4.78 is 16.1. The number of imidazole rings is 1. The standard InChI is InChI=1S/C45H47N11O8/c1-25-14-30-20-47-32-19-37(36(63-6)18-31(32)44(61)56(30)21-25)64-13-7-8-39(57)50-38-24-54(5)40(51-38)43(60)49-28-16-34(52(3)22-28)42(59)48-29-17-35(53(4)23-29)45(62)55-12-11-26-15-27(41(58)46-2)9-10-33(26)55/h9-10,15-20,22-24,30H,1,7-8,11-14,21H2,2-6H3,(H,46,58)(H,48,59)(H,49,60)(H,50,57)/t30-/m0/s1. The molecule has 0 bridgehead atoms. The number of hydrogen-bond donors (Lipinski definition) is 4. The van der Waals surface area contributed by atoms with Crippen LogP contribution < -0.4 is 35.6 Å². The SMILES string of the molecule is C=C1C[C@H]2C=Nc3cc(OCCCC(=O)Nc4cn(C)c(C(=O)Nc5cc(C(=O)Nc6cc(C(=O)N7CCc8cc(C(=O)NC)ccc87)n(C)c6)n(C)c5)n4)c(OC)cc3C(=O)N2C1. The predicted molar refractivity (Wildman–Crippen MR) is 238 cm³/mol. The number of aromatic nitrogens is 4. The first kappa shape index (κ1) is 42.7. The van der Waals surface area contributed by atoms with Gasteiger partial charge in [0.1, 0.15) is 11.4 Å². The lowest BCUT2D eigenvalue weighted by molar-refractivity contribution is -0.116. The van der Waals surface area contributed by atoms with E-state index in [-0.39, 0.29) is 60.0 Å². The summed E-state index contributed by atoms with van der Waals surface area (Å²) in [6, 6.07) is 11.5. The molecule has 4 N–H and O–H groups in total. The minimum atomic E-state index is -0.569. The van der Waals surface area contributed by atoms with Crippen LogP contribution in [0.1, 0.15) is 77.1 Å². The Morgan fingerprint density at radius 1 is 0.859 bits per heavy atom. The number of nitrogens with one attached hydrogen (secondary N) is 4. The molecule has 330 valence electrons. The molecule has 0 aliphatic carbocycles. The van der Waals surface area contributed by atoms with E-state index in [1.807, 2.05) is 0 Å². The molecule has 64 heavy (non-hydrogen) atoms. The largest absolute Gasteiger partial charge is 0.493 e. The predicted octanol–water partition coefficient (Wildman–Crippen LogP) is 4.46. The maximum atomic E-state index is 13.6. The molecule has 3 aliphatic heterocycles. The summed E-state index contributed by atoms with van der Waals surface area (Å²) in [5.41, 5.74) is 5.36. The van der Waals surface area contributed by atoms with Crippen molar-refractivity contribution in [3.8, 4) is 11.5 Å². The fourth-order valence-corrected chi connectivity index (χ4v) is 8.09. The molecule has 5 aromatic rings. The number of ether oxygens (including phenoxy) is 2. The Bertz CT molecular complexity index is 2800. The average Bonchev–Trinajstić information content (AvgIpc) is 4.10. The molecule has 0 saturated carbocycles. The molecule has 19 nitrogen and oxygen atoms in total. The number of rotatable bonds is 13. The summed E-state index contributed by atoms with van der Waals surface area (Å²) in [6.45, 7) is 5.12. The fourth-order valence-electron chi connectivity index (χ4n) is 8.09. The van der Waals surface area contributed by atoms with Gasteiger partial charge in [0.05, 0.1) is 42.4 Å². The number of aryl methyl sites for hydroxylation is 3. The lowest BCUT2D eigenvalue weighted by atomic mass is 10.1. The van der Waals surface area contributed by atoms with Crippen molar-refractivity contribution >= 4 is 70.2 Å². The van der Waals surface area contributed by atoms with Gasteiger partial charge in [0, 0.05) is 89.8 Å². The molecule has 3 aromatic heterocycles. The highest BCUT2D eigenvalue weighted by Gasteiger charge is 2.34. The molecule has 1 fully saturated rings. The number of fused-ring (bicyclic) bond motifs is 3. The van der Waals surface area contributed by atoms with Crippen molar-refractivity contribution < 1.29 is 38.2 Å². The monoisotopic (exact) mass is 869 g/mol. The van der Waals surface area contributed by atoms with Crippen molar-refractivity contribution in [3.05, 3.63) is 107 Å². The third kappa shape index (κ3) is 8.46. The summed E-state index contributed by atoms with van der Waals surface area (Å²) in [5.74, 6) is -1.01. The van der Waals surface area contributed by atoms with Gasteiger partial charge in [0.2, 0.25) is 11.7 Å². The van der Waals surface area contributed by atoms with Crippen LogP contribution >= 0.6 is 0 Å². The van der Waals surface area contributed by atoms with Crippen molar-refractivity contribution in [3.63, 3.8) is 0 Å². The summed E-state index contributed by atoms with van der Waals surface area (Å²) in [7, 11) is 8.05. The lowest BCUT2D eigenvalue weighted by Gasteiger charge is -2.20. The van der Waals surface area contributed by atoms with E-state index >= 15 is 0 Å². The molecule has 3 aliphatic rings. The van der Waals surface area contributed by atoms with Gasteiger partial charge in [-0.3, -0.25) is 33.8 Å². The normalized spacial score (nSPS) is 15.0. The molecule has 1 atom stereocenters. The second kappa shape index (κ2) is 17.4. The molecule has 0 spiro atoms. The number of benzene rings is 2. The van der Waals surface area contributed by atoms with Gasteiger partial charge in [-0.05, 0) is 61.2 Å². The number of carbonyl (C=O) groups is 6. The lowest BCUT2D eigenvalue weighted by Crippen LogP contribution is -2.35. The molecule has 8 rings (SSSR count). The van der Waals surface area contributed by atoms with Crippen molar-refractivity contribution in [2.24, 2.45) is 26.1 Å². The van der Waals surface area contributed by atoms with Crippen LogP contribution in [-0.4, -0.2) is 105 Å². The summed E-state index contributed by atoms with van der Waals surface area (Å²) in [6.07, 6.45) is 8.20. The zero-order valence-corrected chi connectivity index (χ0v) is 36.0. The van der Waals surface area contributed by atoms with Gasteiger partial charge in [0.25, 0.3) is 29.5 Å². The van der Waals surface area contributed by atoms with E-state index in [0.29, 0.717) is 77.7 Å². The van der Waals surface area contributed by atoms with Crippen LogP contribution in [0.5, 0.6) is 11.5 Å². The molecule has 6 heterocycles. The Labute approximate surface area is 367 Å². The number of carbonyl (C=O) groups excluding carboxylic acids is 6.